The minimum Gasteiger partial charge on any atom is -0.395 e. The summed E-state index contributed by atoms with van der Waals surface area (Å²) in [7, 11) is 0. The van der Waals surface area contributed by atoms with Crippen molar-refractivity contribution in [2.45, 2.75) is 32.2 Å². The maximum atomic E-state index is 12.2. The van der Waals surface area contributed by atoms with Gasteiger partial charge in [0, 0.05) is 25.4 Å². The number of rotatable bonds is 3. The van der Waals surface area contributed by atoms with Crippen molar-refractivity contribution in [2.75, 3.05) is 13.2 Å². The highest BCUT2D eigenvalue weighted by Crippen LogP contribution is 2.21. The van der Waals surface area contributed by atoms with Crippen molar-refractivity contribution in [3.05, 3.63) is 21.4 Å². The Kier molecular flexibility index (Phi) is 5.37. The largest absolute Gasteiger partial charge is 0.395 e. The minimum absolute atomic E-state index is 0.0125. The third kappa shape index (κ3) is 4.31. The van der Waals surface area contributed by atoms with Gasteiger partial charge in [0.15, 0.2) is 0 Å². The molecular weight excluding hydrogens is 288 g/mol. The molecule has 1 aromatic rings. The Balaban J connectivity index is 1.98. The molecule has 3 N–H and O–H groups in total. The average molecular weight is 306 g/mol. The molecule has 1 aliphatic heterocycles. The molecule has 0 radical (unpaired) electrons. The molecule has 6 heteroatoms. The van der Waals surface area contributed by atoms with Crippen molar-refractivity contribution in [1.82, 2.24) is 10.6 Å². The first-order valence-electron chi connectivity index (χ1n) is 6.88. The van der Waals surface area contributed by atoms with Gasteiger partial charge < -0.3 is 15.7 Å². The fraction of sp³-hybridized carbons (Fsp3) is 0.467. The highest BCUT2D eigenvalue weighted by Gasteiger charge is 2.21. The maximum absolute atomic E-state index is 12.2. The lowest BCUT2D eigenvalue weighted by Gasteiger charge is -2.23. The van der Waals surface area contributed by atoms with Crippen molar-refractivity contribution in [1.29, 1.82) is 0 Å². The second-order valence-corrected chi connectivity index (χ2v) is 5.96. The number of aliphatic hydroxyl groups excluding tert-OH is 1. The van der Waals surface area contributed by atoms with E-state index in [-0.39, 0.29) is 24.5 Å². The smallest absolute Gasteiger partial charge is 0.261 e. The summed E-state index contributed by atoms with van der Waals surface area (Å²) in [6.45, 7) is 2.44. The third-order valence-corrected chi connectivity index (χ3v) is 4.33. The number of nitrogens with one attached hydrogen (secondary N) is 2. The molecule has 0 aliphatic carbocycles. The number of hydrogen-bond donors (Lipinski definition) is 3. The van der Waals surface area contributed by atoms with Gasteiger partial charge in [-0.3, -0.25) is 9.59 Å². The molecule has 0 aromatic carbocycles. The molecule has 0 saturated carbocycles. The van der Waals surface area contributed by atoms with Gasteiger partial charge in [0.25, 0.3) is 5.91 Å². The van der Waals surface area contributed by atoms with Gasteiger partial charge in [0.1, 0.15) is 0 Å². The number of aliphatic hydroxyl groups is 1. The van der Waals surface area contributed by atoms with E-state index in [0.717, 1.165) is 10.4 Å². The van der Waals surface area contributed by atoms with Crippen LogP contribution >= 0.6 is 11.3 Å². The van der Waals surface area contributed by atoms with E-state index >= 15 is 0 Å². The topological polar surface area (TPSA) is 78.4 Å². The number of amides is 2. The summed E-state index contributed by atoms with van der Waals surface area (Å²) in [5.74, 6) is 5.74. The van der Waals surface area contributed by atoms with Crippen molar-refractivity contribution in [3.8, 4) is 11.8 Å². The lowest BCUT2D eigenvalue weighted by Crippen LogP contribution is -2.47. The zero-order valence-electron chi connectivity index (χ0n) is 11.9. The molecule has 5 nitrogen and oxygen atoms in total. The molecule has 1 aliphatic rings. The molecule has 1 fully saturated rings. The first-order valence-corrected chi connectivity index (χ1v) is 7.69. The normalized spacial score (nSPS) is 17.6. The summed E-state index contributed by atoms with van der Waals surface area (Å²) in [5.41, 5.74) is 0.965. The Morgan fingerprint density at radius 3 is 3.10 bits per heavy atom. The molecule has 1 atom stereocenters. The highest BCUT2D eigenvalue weighted by molar-refractivity contribution is 7.14. The van der Waals surface area contributed by atoms with Crippen LogP contribution in [0, 0.1) is 18.8 Å². The average Bonchev–Trinajstić information content (AvgIpc) is 2.83. The fourth-order valence-corrected chi connectivity index (χ4v) is 2.98. The van der Waals surface area contributed by atoms with Crippen molar-refractivity contribution < 1.29 is 14.7 Å². The lowest BCUT2D eigenvalue weighted by molar-refractivity contribution is -0.122. The Morgan fingerprint density at radius 2 is 2.43 bits per heavy atom. The Bertz CT molecular complexity index is 588. The predicted molar refractivity (Wildman–Crippen MR) is 81.1 cm³/mol. The molecule has 0 spiro atoms. The van der Waals surface area contributed by atoms with Crippen molar-refractivity contribution in [3.63, 3.8) is 0 Å². The summed E-state index contributed by atoms with van der Waals surface area (Å²) >= 11 is 1.35. The van der Waals surface area contributed by atoms with Gasteiger partial charge >= 0.3 is 0 Å². The summed E-state index contributed by atoms with van der Waals surface area (Å²) in [6, 6.07) is 1.81. The standard InChI is InChI=1S/C15H18N2O3S/c1-10-8-13(21-12(10)4-2-3-7-18)15(20)17-11-5-6-14(19)16-9-11/h8,11,18H,3,5-7,9H2,1H3,(H,16,19)(H,17,20). The van der Waals surface area contributed by atoms with Gasteiger partial charge in [0.05, 0.1) is 16.4 Å². The molecule has 2 rings (SSSR count). The molecule has 1 unspecified atom stereocenters. The number of piperidine rings is 1. The highest BCUT2D eigenvalue weighted by atomic mass is 32.1. The zero-order valence-corrected chi connectivity index (χ0v) is 12.7. The Labute approximate surface area is 127 Å². The molecule has 2 amide bonds. The SMILES string of the molecule is Cc1cc(C(=O)NC2CCC(=O)NC2)sc1C#CCCO. The van der Waals surface area contributed by atoms with Gasteiger partial charge in [-0.25, -0.2) is 0 Å². The van der Waals surface area contributed by atoms with Crippen LogP contribution < -0.4 is 10.6 Å². The van der Waals surface area contributed by atoms with Crippen molar-refractivity contribution >= 4 is 23.2 Å². The molecule has 1 saturated heterocycles. The molecule has 1 aromatic heterocycles. The van der Waals surface area contributed by atoms with Gasteiger partial charge in [-0.05, 0) is 25.0 Å². The van der Waals surface area contributed by atoms with Crippen LogP contribution in [0.2, 0.25) is 0 Å². The first-order chi connectivity index (χ1) is 10.1. The van der Waals surface area contributed by atoms with Gasteiger partial charge in [-0.15, -0.1) is 11.3 Å². The minimum atomic E-state index is -0.126. The van der Waals surface area contributed by atoms with Gasteiger partial charge in [0.2, 0.25) is 5.91 Å². The van der Waals surface area contributed by atoms with E-state index in [1.54, 1.807) is 0 Å². The quantitative estimate of drug-likeness (QED) is 0.723. The summed E-state index contributed by atoms with van der Waals surface area (Å²) < 4.78 is 0. The van der Waals surface area contributed by atoms with Crippen LogP contribution in [0.15, 0.2) is 6.07 Å². The summed E-state index contributed by atoms with van der Waals surface area (Å²) in [6.07, 6.45) is 1.55. The van der Waals surface area contributed by atoms with Crippen molar-refractivity contribution in [2.24, 2.45) is 0 Å². The number of thiophene rings is 1. The number of aryl methyl sites for hydroxylation is 1. The van der Waals surface area contributed by atoms with E-state index in [1.165, 1.54) is 11.3 Å². The van der Waals surface area contributed by atoms with Crippen LogP contribution in [0.4, 0.5) is 0 Å². The second-order valence-electron chi connectivity index (χ2n) is 4.91. The molecule has 2 heterocycles. The van der Waals surface area contributed by atoms with Crippen LogP contribution in [0.3, 0.4) is 0 Å². The van der Waals surface area contributed by atoms with E-state index in [4.69, 9.17) is 5.11 Å². The number of carbonyl (C=O) groups is 2. The second kappa shape index (κ2) is 7.25. The monoisotopic (exact) mass is 306 g/mol. The summed E-state index contributed by atoms with van der Waals surface area (Å²) in [5, 5.41) is 14.4. The van der Waals surface area contributed by atoms with Crippen LogP contribution in [-0.4, -0.2) is 36.1 Å². The van der Waals surface area contributed by atoms with Crippen LogP contribution in [0.5, 0.6) is 0 Å². The molecule has 112 valence electrons. The maximum Gasteiger partial charge on any atom is 0.261 e. The van der Waals surface area contributed by atoms with E-state index in [2.05, 4.69) is 22.5 Å². The van der Waals surface area contributed by atoms with Crippen LogP contribution in [0.25, 0.3) is 0 Å². The predicted octanol–water partition coefficient (Wildman–Crippen LogP) is 0.799. The number of hydrogen-bond acceptors (Lipinski definition) is 4. The van der Waals surface area contributed by atoms with E-state index < -0.39 is 0 Å². The Hall–Kier alpha value is -1.84. The van der Waals surface area contributed by atoms with Crippen LogP contribution in [-0.2, 0) is 4.79 Å². The molecular formula is C15H18N2O3S. The molecule has 0 bridgehead atoms. The summed E-state index contributed by atoms with van der Waals surface area (Å²) in [4.78, 5) is 24.7. The van der Waals surface area contributed by atoms with Gasteiger partial charge in [-0.2, -0.15) is 0 Å². The lowest BCUT2D eigenvalue weighted by atomic mass is 10.1. The van der Waals surface area contributed by atoms with E-state index in [1.807, 2.05) is 13.0 Å². The van der Waals surface area contributed by atoms with E-state index in [0.29, 0.717) is 30.7 Å². The molecule has 21 heavy (non-hydrogen) atoms. The number of carbonyl (C=O) groups excluding carboxylic acids is 2. The third-order valence-electron chi connectivity index (χ3n) is 3.18. The fourth-order valence-electron chi connectivity index (χ4n) is 2.03. The van der Waals surface area contributed by atoms with Crippen LogP contribution in [0.1, 0.15) is 39.4 Å². The van der Waals surface area contributed by atoms with E-state index in [9.17, 15) is 9.59 Å². The zero-order chi connectivity index (χ0) is 15.2. The van der Waals surface area contributed by atoms with Gasteiger partial charge in [-0.1, -0.05) is 11.8 Å². The first kappa shape index (κ1) is 15.5. The Morgan fingerprint density at radius 1 is 1.62 bits per heavy atom.